The van der Waals surface area contributed by atoms with E-state index in [9.17, 15) is 14.7 Å². The molecule has 4 bridgehead atoms. The Hall–Kier alpha value is -1.15. The molecule has 4 fully saturated rings. The third kappa shape index (κ3) is 1.20. The molecule has 0 aromatic rings. The van der Waals surface area contributed by atoms with Gasteiger partial charge in [0.05, 0.1) is 11.0 Å². The van der Waals surface area contributed by atoms with E-state index in [4.69, 9.17) is 0 Å². The van der Waals surface area contributed by atoms with Crippen LogP contribution in [-0.4, -0.2) is 22.7 Å². The molecule has 4 nitrogen and oxygen atoms in total. The Bertz CT molecular complexity index is 363. The summed E-state index contributed by atoms with van der Waals surface area (Å²) < 4.78 is 0. The van der Waals surface area contributed by atoms with Crippen LogP contribution in [0.15, 0.2) is 4.99 Å². The highest BCUT2D eigenvalue weighted by Gasteiger charge is 2.61. The smallest absolute Gasteiger partial charge is 0.309 e. The second kappa shape index (κ2) is 2.95. The molecule has 0 radical (unpaired) electrons. The number of carboxylic acid groups (broad SMARTS) is 1. The van der Waals surface area contributed by atoms with Gasteiger partial charge >= 0.3 is 5.97 Å². The molecule has 0 aliphatic heterocycles. The van der Waals surface area contributed by atoms with Crippen molar-refractivity contribution in [1.82, 2.24) is 0 Å². The second-order valence-corrected chi connectivity index (χ2v) is 5.97. The maximum Gasteiger partial charge on any atom is 0.309 e. The van der Waals surface area contributed by atoms with Crippen LogP contribution in [-0.2, 0) is 9.59 Å². The lowest BCUT2D eigenvalue weighted by atomic mass is 9.47. The molecule has 4 aliphatic rings. The molecule has 4 saturated carbocycles. The Balaban J connectivity index is 2.03. The number of rotatable bonds is 2. The number of isocyanates is 1. The van der Waals surface area contributed by atoms with E-state index in [-0.39, 0.29) is 5.54 Å². The highest BCUT2D eigenvalue weighted by Crippen LogP contribution is 2.62. The minimum atomic E-state index is -0.688. The van der Waals surface area contributed by atoms with Gasteiger partial charge in [-0.1, -0.05) is 0 Å². The van der Waals surface area contributed by atoms with E-state index < -0.39 is 11.4 Å². The summed E-state index contributed by atoms with van der Waals surface area (Å²) in [6, 6.07) is 0. The van der Waals surface area contributed by atoms with Gasteiger partial charge in [-0.2, -0.15) is 4.99 Å². The summed E-state index contributed by atoms with van der Waals surface area (Å²) >= 11 is 0. The Kier molecular flexibility index (Phi) is 1.85. The van der Waals surface area contributed by atoms with Crippen molar-refractivity contribution in [3.05, 3.63) is 0 Å². The minimum Gasteiger partial charge on any atom is -0.481 e. The Labute approximate surface area is 93.7 Å². The Morgan fingerprint density at radius 3 is 2.38 bits per heavy atom. The molecule has 4 aliphatic carbocycles. The molecule has 1 N–H and O–H groups in total. The highest BCUT2D eigenvalue weighted by molar-refractivity contribution is 5.75. The molecule has 0 spiro atoms. The molecular formula is C12H15NO3. The van der Waals surface area contributed by atoms with Crippen molar-refractivity contribution in [1.29, 1.82) is 0 Å². The van der Waals surface area contributed by atoms with Crippen molar-refractivity contribution in [2.24, 2.45) is 22.2 Å². The lowest BCUT2D eigenvalue weighted by Crippen LogP contribution is -2.57. The number of nitrogens with zero attached hydrogens (tertiary/aromatic N) is 1. The van der Waals surface area contributed by atoms with Crippen LogP contribution in [0.25, 0.3) is 0 Å². The SMILES string of the molecule is O=C=NC12CC3CC(C1)CC(C(=O)O)(C3)C2. The molecule has 2 unspecified atom stereocenters. The van der Waals surface area contributed by atoms with Gasteiger partial charge in [0.25, 0.3) is 0 Å². The van der Waals surface area contributed by atoms with Gasteiger partial charge in [-0.25, -0.2) is 4.79 Å². The van der Waals surface area contributed by atoms with Crippen LogP contribution >= 0.6 is 0 Å². The first-order valence-electron chi connectivity index (χ1n) is 5.90. The van der Waals surface area contributed by atoms with Crippen LogP contribution in [0.1, 0.15) is 38.5 Å². The van der Waals surface area contributed by atoms with E-state index in [1.54, 1.807) is 6.08 Å². The lowest BCUT2D eigenvalue weighted by molar-refractivity contribution is -0.166. The molecule has 86 valence electrons. The van der Waals surface area contributed by atoms with E-state index >= 15 is 0 Å². The first-order chi connectivity index (χ1) is 7.57. The third-order valence-corrected chi connectivity index (χ3v) is 4.77. The largest absolute Gasteiger partial charge is 0.481 e. The standard InChI is InChI=1S/C12H15NO3/c14-7-13-12-4-8-1-9(5-12)3-11(2-8,6-12)10(15)16/h8-9H,1-6H2,(H,15,16). The third-order valence-electron chi connectivity index (χ3n) is 4.77. The summed E-state index contributed by atoms with van der Waals surface area (Å²) in [6.07, 6.45) is 6.71. The zero-order valence-electron chi connectivity index (χ0n) is 9.11. The normalized spacial score (nSPS) is 48.8. The average Bonchev–Trinajstić information content (AvgIpc) is 2.14. The molecule has 0 saturated heterocycles. The average molecular weight is 221 g/mol. The summed E-state index contributed by atoms with van der Waals surface area (Å²) in [4.78, 5) is 26.0. The van der Waals surface area contributed by atoms with Gasteiger partial charge in [-0.15, -0.1) is 0 Å². The number of aliphatic carboxylic acids is 1. The lowest BCUT2D eigenvalue weighted by Gasteiger charge is -2.58. The molecule has 4 rings (SSSR count). The van der Waals surface area contributed by atoms with Gasteiger partial charge < -0.3 is 5.11 Å². The molecule has 0 heterocycles. The zero-order valence-corrected chi connectivity index (χ0v) is 9.11. The summed E-state index contributed by atoms with van der Waals surface area (Å²) in [7, 11) is 0. The molecule has 0 amide bonds. The predicted molar refractivity (Wildman–Crippen MR) is 55.6 cm³/mol. The fraction of sp³-hybridized carbons (Fsp3) is 0.833. The Morgan fingerprint density at radius 1 is 1.25 bits per heavy atom. The first-order valence-corrected chi connectivity index (χ1v) is 5.90. The van der Waals surface area contributed by atoms with Gasteiger partial charge in [0.1, 0.15) is 0 Å². The van der Waals surface area contributed by atoms with Crippen LogP contribution in [0, 0.1) is 17.3 Å². The predicted octanol–water partition coefficient (Wildman–Crippen LogP) is 1.75. The number of carbonyl (C=O) groups excluding carboxylic acids is 1. The van der Waals surface area contributed by atoms with Gasteiger partial charge in [0.2, 0.25) is 6.08 Å². The van der Waals surface area contributed by atoms with Crippen molar-refractivity contribution >= 4 is 12.0 Å². The number of aliphatic imine (C=N–C) groups is 1. The maximum absolute atomic E-state index is 11.5. The number of carboxylic acids is 1. The van der Waals surface area contributed by atoms with Crippen molar-refractivity contribution in [3.8, 4) is 0 Å². The maximum atomic E-state index is 11.5. The quantitative estimate of drug-likeness (QED) is 0.570. The summed E-state index contributed by atoms with van der Waals surface area (Å²) in [6.45, 7) is 0. The van der Waals surface area contributed by atoms with E-state index in [1.165, 1.54) is 0 Å². The number of hydrogen-bond donors (Lipinski definition) is 1. The molecule has 16 heavy (non-hydrogen) atoms. The van der Waals surface area contributed by atoms with Crippen molar-refractivity contribution < 1.29 is 14.7 Å². The zero-order chi connectivity index (χ0) is 11.4. The van der Waals surface area contributed by atoms with Crippen LogP contribution in [0.5, 0.6) is 0 Å². The topological polar surface area (TPSA) is 66.7 Å². The minimum absolute atomic E-state index is 0.385. The first kappa shape index (κ1) is 10.0. The van der Waals surface area contributed by atoms with Crippen molar-refractivity contribution in [2.75, 3.05) is 0 Å². The molecule has 0 aromatic heterocycles. The van der Waals surface area contributed by atoms with Gasteiger partial charge in [0.15, 0.2) is 0 Å². The monoisotopic (exact) mass is 221 g/mol. The Morgan fingerprint density at radius 2 is 1.88 bits per heavy atom. The number of carbonyl (C=O) groups is 1. The van der Waals surface area contributed by atoms with Gasteiger partial charge in [0, 0.05) is 0 Å². The van der Waals surface area contributed by atoms with Crippen molar-refractivity contribution in [2.45, 2.75) is 44.1 Å². The number of hydrogen-bond acceptors (Lipinski definition) is 3. The van der Waals surface area contributed by atoms with Gasteiger partial charge in [-0.3, -0.25) is 4.79 Å². The summed E-state index contributed by atoms with van der Waals surface area (Å²) in [5, 5.41) is 9.42. The second-order valence-electron chi connectivity index (χ2n) is 5.97. The summed E-state index contributed by atoms with van der Waals surface area (Å²) in [5.74, 6) is 0.218. The van der Waals surface area contributed by atoms with E-state index in [0.717, 1.165) is 32.1 Å². The van der Waals surface area contributed by atoms with E-state index in [2.05, 4.69) is 4.99 Å². The van der Waals surface area contributed by atoms with Gasteiger partial charge in [-0.05, 0) is 50.4 Å². The fourth-order valence-electron chi connectivity index (χ4n) is 4.69. The van der Waals surface area contributed by atoms with Crippen LogP contribution < -0.4 is 0 Å². The molecule has 2 atom stereocenters. The van der Waals surface area contributed by atoms with E-state index in [0.29, 0.717) is 18.3 Å². The molecular weight excluding hydrogens is 206 g/mol. The van der Waals surface area contributed by atoms with Crippen molar-refractivity contribution in [3.63, 3.8) is 0 Å². The van der Waals surface area contributed by atoms with E-state index in [1.807, 2.05) is 0 Å². The highest BCUT2D eigenvalue weighted by atomic mass is 16.4. The van der Waals surface area contributed by atoms with Crippen LogP contribution in [0.2, 0.25) is 0 Å². The fourth-order valence-corrected chi connectivity index (χ4v) is 4.69. The molecule has 4 heteroatoms. The van der Waals surface area contributed by atoms with Crippen LogP contribution in [0.4, 0.5) is 0 Å². The van der Waals surface area contributed by atoms with Crippen LogP contribution in [0.3, 0.4) is 0 Å². The summed E-state index contributed by atoms with van der Waals surface area (Å²) in [5.41, 5.74) is -0.978. The molecule has 0 aromatic carbocycles.